The van der Waals surface area contributed by atoms with Crippen LogP contribution >= 0.6 is 0 Å². The summed E-state index contributed by atoms with van der Waals surface area (Å²) >= 11 is 0. The molecule has 0 aromatic heterocycles. The molecule has 1 aliphatic heterocycles. The van der Waals surface area contributed by atoms with Gasteiger partial charge in [0.1, 0.15) is 18.8 Å². The molecule has 1 fully saturated rings. The lowest BCUT2D eigenvalue weighted by Gasteiger charge is -2.40. The normalized spacial score (nSPS) is 18.4. The van der Waals surface area contributed by atoms with E-state index in [1.165, 1.54) is 83.5 Å². The monoisotopic (exact) mass is 1130 g/mol. The first-order chi connectivity index (χ1) is 39.6. The molecule has 12 heteroatoms. The molecule has 6 unspecified atom stereocenters. The Bertz CT molecular complexity index is 1780. The molecule has 1 aliphatic rings. The Balaban J connectivity index is 2.68. The van der Waals surface area contributed by atoms with Crippen molar-refractivity contribution in [3.8, 4) is 0 Å². The number of hydrogen-bond donors (Lipinski definition) is 3. The van der Waals surface area contributed by atoms with E-state index >= 15 is 0 Å². The van der Waals surface area contributed by atoms with Crippen molar-refractivity contribution < 1.29 is 58.2 Å². The highest BCUT2D eigenvalue weighted by Crippen LogP contribution is 2.26. The van der Waals surface area contributed by atoms with Crippen molar-refractivity contribution in [3.05, 3.63) is 97.2 Å². The number of ether oxygens (including phenoxy) is 5. The maximum Gasteiger partial charge on any atom is 0.335 e. The van der Waals surface area contributed by atoms with Gasteiger partial charge in [0, 0.05) is 19.3 Å². The quantitative estimate of drug-likeness (QED) is 0.0228. The highest BCUT2D eigenvalue weighted by Gasteiger charge is 2.50. The molecule has 0 spiro atoms. The van der Waals surface area contributed by atoms with Gasteiger partial charge >= 0.3 is 23.9 Å². The van der Waals surface area contributed by atoms with Crippen molar-refractivity contribution in [2.75, 3.05) is 13.2 Å². The number of esters is 3. The van der Waals surface area contributed by atoms with Gasteiger partial charge in [-0.2, -0.15) is 0 Å². The lowest BCUT2D eigenvalue weighted by atomic mass is 9.98. The zero-order chi connectivity index (χ0) is 58.9. The van der Waals surface area contributed by atoms with E-state index < -0.39 is 67.3 Å². The van der Waals surface area contributed by atoms with Crippen LogP contribution in [-0.2, 0) is 42.9 Å². The van der Waals surface area contributed by atoms with Gasteiger partial charge in [0.25, 0.3) is 0 Å². The van der Waals surface area contributed by atoms with Crippen LogP contribution in [0.25, 0.3) is 0 Å². The average molecular weight is 1140 g/mol. The third kappa shape index (κ3) is 45.8. The fourth-order valence-corrected chi connectivity index (χ4v) is 9.25. The average Bonchev–Trinajstić information content (AvgIpc) is 3.53. The van der Waals surface area contributed by atoms with Crippen LogP contribution in [0.4, 0.5) is 0 Å². The van der Waals surface area contributed by atoms with Crippen LogP contribution < -0.4 is 0 Å². The summed E-state index contributed by atoms with van der Waals surface area (Å²) in [6.07, 6.45) is 62.2. The van der Waals surface area contributed by atoms with E-state index in [1.807, 2.05) is 0 Å². The SMILES string of the molecule is CC/C=C\C/C=C\C/C=C\C/C=C\CCCCCCC(=O)OC1C(OCC(COC(=O)CCCCCCCCCCC/C=C\CCCCCCCC)OC(=O)CCCCCCC/C=C\C/C=C\C/C=C\CC)OC(C(=O)O)C(O)C1O. The maximum atomic E-state index is 13.2. The Morgan fingerprint density at radius 1 is 0.420 bits per heavy atom. The molecule has 1 heterocycles. The van der Waals surface area contributed by atoms with Crippen LogP contribution in [0, 0.1) is 0 Å². The number of rotatable bonds is 54. The topological polar surface area (TPSA) is 175 Å². The highest BCUT2D eigenvalue weighted by atomic mass is 16.7. The van der Waals surface area contributed by atoms with Gasteiger partial charge in [-0.3, -0.25) is 14.4 Å². The third-order valence-electron chi connectivity index (χ3n) is 14.1. The van der Waals surface area contributed by atoms with E-state index in [9.17, 15) is 34.5 Å². The van der Waals surface area contributed by atoms with Crippen molar-refractivity contribution in [3.63, 3.8) is 0 Å². The molecule has 0 aromatic rings. The summed E-state index contributed by atoms with van der Waals surface area (Å²) in [7, 11) is 0. The van der Waals surface area contributed by atoms with Crippen LogP contribution in [0.1, 0.15) is 265 Å². The summed E-state index contributed by atoms with van der Waals surface area (Å²) < 4.78 is 28.5. The number of unbranched alkanes of at least 4 members (excludes halogenated alkanes) is 24. The maximum absolute atomic E-state index is 13.2. The van der Waals surface area contributed by atoms with Crippen LogP contribution in [0.2, 0.25) is 0 Å². The molecule has 3 N–H and O–H groups in total. The van der Waals surface area contributed by atoms with Gasteiger partial charge in [0.2, 0.25) is 0 Å². The van der Waals surface area contributed by atoms with Gasteiger partial charge in [-0.15, -0.1) is 0 Å². The largest absolute Gasteiger partial charge is 0.479 e. The van der Waals surface area contributed by atoms with Crippen LogP contribution in [0.15, 0.2) is 97.2 Å². The van der Waals surface area contributed by atoms with Crippen LogP contribution in [0.5, 0.6) is 0 Å². The minimum atomic E-state index is -1.92. The molecular formula is C69H114O12. The summed E-state index contributed by atoms with van der Waals surface area (Å²) in [5, 5.41) is 31.6. The van der Waals surface area contributed by atoms with E-state index in [4.69, 9.17) is 23.7 Å². The first-order valence-corrected chi connectivity index (χ1v) is 32.2. The number of aliphatic hydroxyl groups is 2. The lowest BCUT2D eigenvalue weighted by molar-refractivity contribution is -0.301. The molecule has 1 rings (SSSR count). The van der Waals surface area contributed by atoms with Crippen molar-refractivity contribution in [1.82, 2.24) is 0 Å². The molecule has 0 amide bonds. The van der Waals surface area contributed by atoms with Gasteiger partial charge in [-0.1, -0.05) is 227 Å². The van der Waals surface area contributed by atoms with Crippen LogP contribution in [-0.4, -0.2) is 89.2 Å². The van der Waals surface area contributed by atoms with Crippen molar-refractivity contribution in [1.29, 1.82) is 0 Å². The second kappa shape index (κ2) is 56.1. The molecule has 0 aromatic carbocycles. The summed E-state index contributed by atoms with van der Waals surface area (Å²) in [5.41, 5.74) is 0. The molecule has 0 aliphatic carbocycles. The molecule has 1 saturated heterocycles. The molecule has 462 valence electrons. The summed E-state index contributed by atoms with van der Waals surface area (Å²) in [5.74, 6) is -3.18. The van der Waals surface area contributed by atoms with Crippen LogP contribution in [0.3, 0.4) is 0 Å². The van der Waals surface area contributed by atoms with Gasteiger partial charge in [0.15, 0.2) is 24.6 Å². The van der Waals surface area contributed by atoms with Crippen molar-refractivity contribution in [2.24, 2.45) is 0 Å². The van der Waals surface area contributed by atoms with E-state index in [1.54, 1.807) is 0 Å². The molecule has 0 bridgehead atoms. The van der Waals surface area contributed by atoms with Gasteiger partial charge in [0.05, 0.1) is 6.61 Å². The number of allylic oxidation sites excluding steroid dienone is 16. The van der Waals surface area contributed by atoms with E-state index in [2.05, 4.69) is 118 Å². The summed E-state index contributed by atoms with van der Waals surface area (Å²) in [6.45, 7) is 5.76. The zero-order valence-corrected chi connectivity index (χ0v) is 51.0. The molecule has 0 saturated carbocycles. The van der Waals surface area contributed by atoms with Crippen molar-refractivity contribution in [2.45, 2.75) is 302 Å². The number of aliphatic carboxylic acids is 1. The fourth-order valence-electron chi connectivity index (χ4n) is 9.25. The van der Waals surface area contributed by atoms with E-state index in [-0.39, 0.29) is 25.9 Å². The predicted molar refractivity (Wildman–Crippen MR) is 331 cm³/mol. The zero-order valence-electron chi connectivity index (χ0n) is 51.0. The number of hydrogen-bond acceptors (Lipinski definition) is 11. The van der Waals surface area contributed by atoms with Gasteiger partial charge in [-0.05, 0) is 116 Å². The fraction of sp³-hybridized carbons (Fsp3) is 0.710. The summed E-state index contributed by atoms with van der Waals surface area (Å²) in [6, 6.07) is 0. The molecule has 12 nitrogen and oxygen atoms in total. The Morgan fingerprint density at radius 3 is 1.20 bits per heavy atom. The lowest BCUT2D eigenvalue weighted by Crippen LogP contribution is -2.61. The Kier molecular flexibility index (Phi) is 51.7. The predicted octanol–water partition coefficient (Wildman–Crippen LogP) is 17.2. The number of carbonyl (C=O) groups excluding carboxylic acids is 3. The van der Waals surface area contributed by atoms with Gasteiger partial charge in [-0.25, -0.2) is 4.79 Å². The van der Waals surface area contributed by atoms with Gasteiger partial charge < -0.3 is 39.0 Å². The highest BCUT2D eigenvalue weighted by molar-refractivity contribution is 5.74. The Morgan fingerprint density at radius 2 is 0.778 bits per heavy atom. The minimum absolute atomic E-state index is 0.0265. The van der Waals surface area contributed by atoms with E-state index in [0.717, 1.165) is 122 Å². The second-order valence-electron chi connectivity index (χ2n) is 21.6. The van der Waals surface area contributed by atoms with E-state index in [0.29, 0.717) is 19.3 Å². The molecule has 6 atom stereocenters. The molecule has 0 radical (unpaired) electrons. The number of carbonyl (C=O) groups is 4. The third-order valence-corrected chi connectivity index (χ3v) is 14.1. The standard InChI is InChI=1S/C69H114O12/c1-4-7-10-13-16-19-22-25-28-30-31-33-35-37-40-43-46-49-52-55-61(70)77-58-60(79-62(71)56-53-50-47-44-41-38-34-27-24-21-18-15-12-9-6-3)59-78-69-67(65(74)64(73)66(81-69)68(75)76)80-63(72)57-54-51-48-45-42-39-36-32-29-26-23-20-17-14-11-8-5-2/h8-9,11-12,17-18,20-21,25-29,34,36,39,60,64-67,69,73-74H,4-7,10,13-16,19,22-24,30-33,35,37-38,40-59H2,1-3H3,(H,75,76)/b11-8-,12-9-,20-17-,21-18-,28-25-,29-26-,34-27-,39-36-. The number of carboxylic acids is 1. The number of carboxylic acid groups (broad SMARTS) is 1. The molecular weight excluding hydrogens is 1020 g/mol. The second-order valence-corrected chi connectivity index (χ2v) is 21.6. The number of aliphatic hydroxyl groups excluding tert-OH is 2. The first kappa shape index (κ1) is 74.7. The molecule has 81 heavy (non-hydrogen) atoms. The Labute approximate surface area is 492 Å². The minimum Gasteiger partial charge on any atom is -0.479 e. The van der Waals surface area contributed by atoms with Crippen molar-refractivity contribution >= 4 is 23.9 Å². The summed E-state index contributed by atoms with van der Waals surface area (Å²) in [4.78, 5) is 51.3. The first-order valence-electron chi connectivity index (χ1n) is 32.2. The Hall–Kier alpha value is -4.36. The smallest absolute Gasteiger partial charge is 0.335 e.